The van der Waals surface area contributed by atoms with Gasteiger partial charge in [-0.15, -0.1) is 0 Å². The summed E-state index contributed by atoms with van der Waals surface area (Å²) in [4.78, 5) is 41.1. The van der Waals surface area contributed by atoms with Crippen LogP contribution in [-0.4, -0.2) is 69.8 Å². The molecule has 8 nitrogen and oxygen atoms in total. The normalized spacial score (nSPS) is 24.6. The first-order valence-electron chi connectivity index (χ1n) is 13.0. The molecule has 1 unspecified atom stereocenters. The van der Waals surface area contributed by atoms with Crippen molar-refractivity contribution in [1.29, 1.82) is 0 Å². The molecular weight excluding hydrogens is 489 g/mol. The number of carbonyl (C=O) groups excluding carboxylic acids is 2. The van der Waals surface area contributed by atoms with Crippen LogP contribution in [0.4, 0.5) is 4.79 Å². The zero-order chi connectivity index (χ0) is 26.6. The van der Waals surface area contributed by atoms with E-state index >= 15 is 0 Å². The minimum atomic E-state index is -2.98. The third kappa shape index (κ3) is 5.71. The second kappa shape index (κ2) is 11.3. The number of rotatable bonds is 8. The minimum Gasteiger partial charge on any atom is -0.435 e. The summed E-state index contributed by atoms with van der Waals surface area (Å²) in [6.07, 6.45) is 1.70. The number of quaternary nitrogens is 1. The summed E-state index contributed by atoms with van der Waals surface area (Å²) >= 11 is 0. The number of benzene rings is 2. The summed E-state index contributed by atoms with van der Waals surface area (Å²) in [7, 11) is -2.98. The number of carbonyl (C=O) groups is 3. The lowest BCUT2D eigenvalue weighted by atomic mass is 10.1. The Morgan fingerprint density at radius 1 is 1.00 bits per heavy atom. The molecule has 0 radical (unpaired) electrons. The average molecular weight is 527 g/mol. The van der Waals surface area contributed by atoms with Crippen molar-refractivity contribution in [3.63, 3.8) is 0 Å². The van der Waals surface area contributed by atoms with Crippen molar-refractivity contribution in [2.75, 3.05) is 19.3 Å². The topological polar surface area (TPSA) is 118 Å². The molecule has 0 aliphatic carbocycles. The highest BCUT2D eigenvalue weighted by atomic mass is 31.2. The van der Waals surface area contributed by atoms with Crippen molar-refractivity contribution in [2.24, 2.45) is 5.73 Å². The third-order valence-electron chi connectivity index (χ3n) is 7.79. The fourth-order valence-electron chi connectivity index (χ4n) is 6.06. The Morgan fingerprint density at radius 3 is 2.08 bits per heavy atom. The summed E-state index contributed by atoms with van der Waals surface area (Å²) in [6, 6.07) is 17.0. The van der Waals surface area contributed by atoms with Crippen LogP contribution in [0.25, 0.3) is 0 Å². The number of imide groups is 1. The molecule has 2 saturated heterocycles. The van der Waals surface area contributed by atoms with Gasteiger partial charge in [0.15, 0.2) is 0 Å². The number of hydrogen-bond donors (Lipinski definition) is 2. The van der Waals surface area contributed by atoms with Gasteiger partial charge in [0.05, 0.1) is 18.7 Å². The van der Waals surface area contributed by atoms with Crippen LogP contribution in [0.5, 0.6) is 0 Å². The molecule has 2 aliphatic rings. The Bertz CT molecular complexity index is 1130. The Kier molecular flexibility index (Phi) is 8.32. The standard InChI is InChI=1S/C28H36N3O5P/c1-21(29)26(32)30-16-8-15-25(30)27(33)31(28(34)35)17-9-14-24(31)20-37(36,18-22-10-4-2-5-11-22)19-23-12-6-3-7-13-23/h2-7,10-13,21,24-25H,8-9,14-20,29H2,1H3/p+1/t21-,24-,25-,31?/m0/s1. The number of likely N-dealkylation sites (tertiary alicyclic amines) is 2. The molecular formula is C28H37N3O5P+. The fourth-order valence-corrected chi connectivity index (χ4v) is 9.41. The summed E-state index contributed by atoms with van der Waals surface area (Å²) in [5, 5.41) is 10.5. The highest BCUT2D eigenvalue weighted by Crippen LogP contribution is 2.55. The van der Waals surface area contributed by atoms with E-state index in [-0.39, 0.29) is 18.6 Å². The molecule has 2 aromatic rings. The van der Waals surface area contributed by atoms with Crippen molar-refractivity contribution in [3.8, 4) is 0 Å². The number of carboxylic acid groups (broad SMARTS) is 1. The van der Waals surface area contributed by atoms with Gasteiger partial charge in [0.1, 0.15) is 19.2 Å². The smallest absolute Gasteiger partial charge is 0.435 e. The predicted octanol–water partition coefficient (Wildman–Crippen LogP) is 4.27. The molecule has 3 N–H and O–H groups in total. The van der Waals surface area contributed by atoms with Gasteiger partial charge in [0.2, 0.25) is 5.91 Å². The average Bonchev–Trinajstić information content (AvgIpc) is 3.52. The molecule has 37 heavy (non-hydrogen) atoms. The molecule has 2 fully saturated rings. The van der Waals surface area contributed by atoms with Crippen LogP contribution in [0, 0.1) is 0 Å². The Balaban J connectivity index is 1.67. The Labute approximate surface area is 218 Å². The van der Waals surface area contributed by atoms with E-state index in [4.69, 9.17) is 5.73 Å². The van der Waals surface area contributed by atoms with E-state index in [1.54, 1.807) is 6.92 Å². The number of nitrogens with two attached hydrogens (primary N) is 1. The van der Waals surface area contributed by atoms with Gasteiger partial charge in [0, 0.05) is 31.7 Å². The summed E-state index contributed by atoms with van der Waals surface area (Å²) < 4.78 is 13.9. The van der Waals surface area contributed by atoms with Crippen LogP contribution in [-0.2, 0) is 26.5 Å². The van der Waals surface area contributed by atoms with Gasteiger partial charge in [-0.25, -0.2) is 4.79 Å². The summed E-state index contributed by atoms with van der Waals surface area (Å²) in [6.45, 7) is 2.11. The molecule has 2 heterocycles. The lowest BCUT2D eigenvalue weighted by Crippen LogP contribution is -2.65. The maximum Gasteiger partial charge on any atom is 0.521 e. The van der Waals surface area contributed by atoms with Crippen molar-refractivity contribution in [3.05, 3.63) is 71.8 Å². The van der Waals surface area contributed by atoms with Gasteiger partial charge in [-0.05, 0) is 30.9 Å². The van der Waals surface area contributed by atoms with E-state index < -0.39 is 41.8 Å². The van der Waals surface area contributed by atoms with Crippen LogP contribution < -0.4 is 5.73 Å². The van der Waals surface area contributed by atoms with Crippen molar-refractivity contribution in [1.82, 2.24) is 4.90 Å². The van der Waals surface area contributed by atoms with Crippen LogP contribution in [0.3, 0.4) is 0 Å². The summed E-state index contributed by atoms with van der Waals surface area (Å²) in [5.74, 6) is -0.818. The lowest BCUT2D eigenvalue weighted by Gasteiger charge is -2.37. The van der Waals surface area contributed by atoms with Crippen LogP contribution in [0.2, 0.25) is 0 Å². The number of nitrogens with zero attached hydrogens (tertiary/aromatic N) is 2. The number of amides is 3. The maximum atomic E-state index is 14.6. The van der Waals surface area contributed by atoms with E-state index in [1.807, 2.05) is 60.7 Å². The molecule has 0 spiro atoms. The first kappa shape index (κ1) is 27.2. The van der Waals surface area contributed by atoms with Gasteiger partial charge < -0.3 is 20.3 Å². The first-order valence-corrected chi connectivity index (χ1v) is 15.3. The van der Waals surface area contributed by atoms with Gasteiger partial charge in [-0.2, -0.15) is 9.28 Å². The van der Waals surface area contributed by atoms with Crippen LogP contribution in [0.1, 0.15) is 43.7 Å². The second-order valence-electron chi connectivity index (χ2n) is 10.5. The van der Waals surface area contributed by atoms with Gasteiger partial charge in [0.25, 0.3) is 0 Å². The predicted molar refractivity (Wildman–Crippen MR) is 142 cm³/mol. The number of hydrogen-bond acceptors (Lipinski definition) is 5. The third-order valence-corrected chi connectivity index (χ3v) is 10.8. The zero-order valence-corrected chi connectivity index (χ0v) is 22.3. The van der Waals surface area contributed by atoms with Crippen molar-refractivity contribution < 1.29 is 28.5 Å². The molecule has 3 amide bonds. The fraction of sp³-hybridized carbons (Fsp3) is 0.464. The lowest BCUT2D eigenvalue weighted by molar-refractivity contribution is -0.792. The SMILES string of the molecule is C[C@H](N)C(=O)N1CCC[C@H]1C(=O)[N+]1(C(=O)O)CCC[C@H]1CP(=O)(Cc1ccccc1)Cc1ccccc1. The Hall–Kier alpha value is -2.80. The molecule has 4 atom stereocenters. The van der Waals surface area contributed by atoms with Gasteiger partial charge in [-0.1, -0.05) is 60.7 Å². The minimum absolute atomic E-state index is 0.145. The summed E-state index contributed by atoms with van der Waals surface area (Å²) in [5.41, 5.74) is 7.69. The van der Waals surface area contributed by atoms with Crippen molar-refractivity contribution in [2.45, 2.75) is 63.1 Å². The first-order chi connectivity index (χ1) is 17.7. The highest BCUT2D eigenvalue weighted by Gasteiger charge is 2.59. The van der Waals surface area contributed by atoms with E-state index in [2.05, 4.69) is 0 Å². The van der Waals surface area contributed by atoms with E-state index in [0.717, 1.165) is 11.1 Å². The molecule has 0 bridgehead atoms. The quantitative estimate of drug-likeness (QED) is 0.392. The zero-order valence-electron chi connectivity index (χ0n) is 21.4. The maximum absolute atomic E-state index is 14.6. The van der Waals surface area contributed by atoms with Crippen LogP contribution in [0.15, 0.2) is 60.7 Å². The second-order valence-corrected chi connectivity index (χ2v) is 13.6. The van der Waals surface area contributed by atoms with Crippen molar-refractivity contribution >= 4 is 25.0 Å². The molecule has 9 heteroatoms. The van der Waals surface area contributed by atoms with Gasteiger partial charge >= 0.3 is 12.0 Å². The molecule has 2 aliphatic heterocycles. The molecule has 0 aromatic heterocycles. The van der Waals surface area contributed by atoms with E-state index in [1.165, 1.54) is 4.90 Å². The monoisotopic (exact) mass is 526 g/mol. The highest BCUT2D eigenvalue weighted by molar-refractivity contribution is 7.62. The van der Waals surface area contributed by atoms with Crippen LogP contribution >= 0.6 is 7.14 Å². The molecule has 2 aromatic carbocycles. The largest absolute Gasteiger partial charge is 0.521 e. The Morgan fingerprint density at radius 2 is 1.57 bits per heavy atom. The van der Waals surface area contributed by atoms with Gasteiger partial charge in [-0.3, -0.25) is 4.79 Å². The molecule has 198 valence electrons. The van der Waals surface area contributed by atoms with E-state index in [0.29, 0.717) is 44.6 Å². The van der Waals surface area contributed by atoms with E-state index in [9.17, 15) is 24.1 Å². The molecule has 0 saturated carbocycles. The molecule has 4 rings (SSSR count).